The van der Waals surface area contributed by atoms with E-state index in [0.717, 1.165) is 5.92 Å². The summed E-state index contributed by atoms with van der Waals surface area (Å²) >= 11 is 0. The molecular weight excluding hydrogens is 204 g/mol. The Kier molecular flexibility index (Phi) is 3.16. The quantitative estimate of drug-likeness (QED) is 0.627. The Hall–Kier alpha value is -1.04. The van der Waals surface area contributed by atoms with Crippen LogP contribution >= 0.6 is 0 Å². The van der Waals surface area contributed by atoms with Crippen LogP contribution in [-0.4, -0.2) is 0 Å². The van der Waals surface area contributed by atoms with Crippen LogP contribution in [0.1, 0.15) is 69.1 Å². The summed E-state index contributed by atoms with van der Waals surface area (Å²) in [6, 6.07) is 7.16. The number of allylic oxidation sites excluding steroid dienone is 1. The Labute approximate surface area is 106 Å². The third-order valence-corrected chi connectivity index (χ3v) is 3.77. The van der Waals surface area contributed by atoms with Crippen LogP contribution in [-0.2, 0) is 5.41 Å². The molecule has 1 atom stereocenters. The van der Waals surface area contributed by atoms with Gasteiger partial charge in [-0.2, -0.15) is 0 Å². The summed E-state index contributed by atoms with van der Waals surface area (Å²) in [5, 5.41) is 0. The van der Waals surface area contributed by atoms with Gasteiger partial charge in [0.05, 0.1) is 0 Å². The minimum Gasteiger partial charge on any atom is -0.102 e. The second kappa shape index (κ2) is 4.33. The summed E-state index contributed by atoms with van der Waals surface area (Å²) in [5.74, 6) is 1.28. The zero-order chi connectivity index (χ0) is 12.6. The van der Waals surface area contributed by atoms with E-state index in [0.29, 0.717) is 5.92 Å². The fraction of sp³-hybridized carbons (Fsp3) is 0.529. The number of rotatable bonds is 3. The molecule has 0 nitrogen and oxygen atoms in total. The first kappa shape index (κ1) is 12.4. The maximum absolute atomic E-state index is 3.92. The van der Waals surface area contributed by atoms with Gasteiger partial charge in [-0.05, 0) is 46.8 Å². The fourth-order valence-corrected chi connectivity index (χ4v) is 2.16. The highest BCUT2D eigenvalue weighted by Crippen LogP contribution is 2.42. The fourth-order valence-electron chi connectivity index (χ4n) is 2.16. The standard InChI is InChI=1S/C17H24/c1-6-12(2)14-9-15(13-7-8-13)11-16(10-14)17(3,4)5/h6,9-13H,1,7-8H2,2-5H3. The largest absolute Gasteiger partial charge is 0.102 e. The van der Waals surface area contributed by atoms with Crippen LogP contribution in [0.25, 0.3) is 0 Å². The van der Waals surface area contributed by atoms with Gasteiger partial charge in [-0.15, -0.1) is 6.58 Å². The average Bonchev–Trinajstić information content (AvgIpc) is 3.10. The zero-order valence-corrected chi connectivity index (χ0v) is 11.6. The SMILES string of the molecule is C=CC(C)c1cc(C2CC2)cc(C(C)(C)C)c1. The lowest BCUT2D eigenvalue weighted by molar-refractivity contribution is 0.588. The van der Waals surface area contributed by atoms with Gasteiger partial charge in [-0.1, -0.05) is 52.0 Å². The first-order chi connectivity index (χ1) is 7.91. The Bertz CT molecular complexity index is 416. The van der Waals surface area contributed by atoms with Crippen LogP contribution in [0.4, 0.5) is 0 Å². The maximum atomic E-state index is 3.92. The first-order valence-electron chi connectivity index (χ1n) is 6.69. The van der Waals surface area contributed by atoms with Gasteiger partial charge in [-0.25, -0.2) is 0 Å². The lowest BCUT2D eigenvalue weighted by Crippen LogP contribution is -2.12. The molecule has 0 saturated heterocycles. The van der Waals surface area contributed by atoms with Crippen molar-refractivity contribution in [1.82, 2.24) is 0 Å². The van der Waals surface area contributed by atoms with Crippen LogP contribution in [0, 0.1) is 0 Å². The van der Waals surface area contributed by atoms with Crippen molar-refractivity contribution in [2.24, 2.45) is 0 Å². The predicted molar refractivity (Wildman–Crippen MR) is 75.7 cm³/mol. The monoisotopic (exact) mass is 228 g/mol. The molecule has 17 heavy (non-hydrogen) atoms. The normalized spacial score (nSPS) is 17.9. The van der Waals surface area contributed by atoms with Gasteiger partial charge in [0.25, 0.3) is 0 Å². The van der Waals surface area contributed by atoms with Gasteiger partial charge in [-0.3, -0.25) is 0 Å². The van der Waals surface area contributed by atoms with Gasteiger partial charge < -0.3 is 0 Å². The van der Waals surface area contributed by atoms with Crippen LogP contribution in [0.15, 0.2) is 30.9 Å². The second-order valence-electron chi connectivity index (χ2n) is 6.44. The van der Waals surface area contributed by atoms with Gasteiger partial charge in [0.15, 0.2) is 0 Å². The summed E-state index contributed by atoms with van der Waals surface area (Å²) in [5.41, 5.74) is 4.67. The van der Waals surface area contributed by atoms with E-state index >= 15 is 0 Å². The topological polar surface area (TPSA) is 0 Å². The molecule has 0 radical (unpaired) electrons. The highest BCUT2D eigenvalue weighted by molar-refractivity contribution is 5.39. The van der Waals surface area contributed by atoms with E-state index in [1.54, 1.807) is 5.56 Å². The zero-order valence-electron chi connectivity index (χ0n) is 11.6. The molecular formula is C17H24. The molecule has 0 spiro atoms. The third kappa shape index (κ3) is 2.80. The Morgan fingerprint density at radius 2 is 1.88 bits per heavy atom. The molecule has 1 aromatic carbocycles. The van der Waals surface area contributed by atoms with Crippen LogP contribution in [0.3, 0.4) is 0 Å². The molecule has 0 amide bonds. The summed E-state index contributed by atoms with van der Waals surface area (Å²) in [4.78, 5) is 0. The minimum atomic E-state index is 0.237. The Balaban J connectivity index is 2.45. The smallest absolute Gasteiger partial charge is 0.00129 e. The molecule has 1 saturated carbocycles. The predicted octanol–water partition coefficient (Wildman–Crippen LogP) is 5.15. The molecule has 0 aliphatic heterocycles. The van der Waals surface area contributed by atoms with Crippen molar-refractivity contribution in [2.45, 2.75) is 57.8 Å². The van der Waals surface area contributed by atoms with Crippen LogP contribution in [0.2, 0.25) is 0 Å². The van der Waals surface area contributed by atoms with E-state index < -0.39 is 0 Å². The average molecular weight is 228 g/mol. The van der Waals surface area contributed by atoms with Crippen molar-refractivity contribution in [1.29, 1.82) is 0 Å². The van der Waals surface area contributed by atoms with Crippen molar-refractivity contribution in [2.75, 3.05) is 0 Å². The van der Waals surface area contributed by atoms with Crippen molar-refractivity contribution in [3.8, 4) is 0 Å². The van der Waals surface area contributed by atoms with E-state index in [1.165, 1.54) is 24.0 Å². The first-order valence-corrected chi connectivity index (χ1v) is 6.69. The molecule has 0 bridgehead atoms. The van der Waals surface area contributed by atoms with E-state index in [2.05, 4.69) is 52.5 Å². The third-order valence-electron chi connectivity index (χ3n) is 3.77. The summed E-state index contributed by atoms with van der Waals surface area (Å²) in [6.07, 6.45) is 4.78. The van der Waals surface area contributed by atoms with E-state index in [9.17, 15) is 0 Å². The Morgan fingerprint density at radius 1 is 1.24 bits per heavy atom. The van der Waals surface area contributed by atoms with Crippen LogP contribution < -0.4 is 0 Å². The van der Waals surface area contributed by atoms with Gasteiger partial charge in [0, 0.05) is 0 Å². The minimum absolute atomic E-state index is 0.237. The second-order valence-corrected chi connectivity index (χ2v) is 6.44. The Morgan fingerprint density at radius 3 is 2.35 bits per heavy atom. The molecule has 0 heteroatoms. The lowest BCUT2D eigenvalue weighted by atomic mass is 9.83. The highest BCUT2D eigenvalue weighted by atomic mass is 14.3. The van der Waals surface area contributed by atoms with Crippen molar-refractivity contribution >= 4 is 0 Å². The number of benzene rings is 1. The molecule has 1 aliphatic rings. The summed E-state index contributed by atoms with van der Waals surface area (Å²) in [7, 11) is 0. The number of hydrogen-bond donors (Lipinski definition) is 0. The molecule has 2 rings (SSSR count). The molecule has 0 heterocycles. The van der Waals surface area contributed by atoms with Crippen molar-refractivity contribution < 1.29 is 0 Å². The molecule has 1 unspecified atom stereocenters. The molecule has 0 N–H and O–H groups in total. The molecule has 0 aromatic heterocycles. The molecule has 1 aliphatic carbocycles. The molecule has 1 fully saturated rings. The summed E-state index contributed by atoms with van der Waals surface area (Å²) in [6.45, 7) is 13.0. The molecule has 1 aromatic rings. The van der Waals surface area contributed by atoms with E-state index in [4.69, 9.17) is 0 Å². The number of hydrogen-bond acceptors (Lipinski definition) is 0. The van der Waals surface area contributed by atoms with Gasteiger partial charge >= 0.3 is 0 Å². The molecule has 92 valence electrons. The van der Waals surface area contributed by atoms with E-state index in [-0.39, 0.29) is 5.41 Å². The van der Waals surface area contributed by atoms with Gasteiger partial charge in [0.1, 0.15) is 0 Å². The van der Waals surface area contributed by atoms with Crippen LogP contribution in [0.5, 0.6) is 0 Å². The van der Waals surface area contributed by atoms with Gasteiger partial charge in [0.2, 0.25) is 0 Å². The van der Waals surface area contributed by atoms with Crippen molar-refractivity contribution in [3.63, 3.8) is 0 Å². The lowest BCUT2D eigenvalue weighted by Gasteiger charge is -2.22. The highest BCUT2D eigenvalue weighted by Gasteiger charge is 2.26. The van der Waals surface area contributed by atoms with Crippen molar-refractivity contribution in [3.05, 3.63) is 47.5 Å². The summed E-state index contributed by atoms with van der Waals surface area (Å²) < 4.78 is 0. The van der Waals surface area contributed by atoms with E-state index in [1.807, 2.05) is 6.08 Å². The maximum Gasteiger partial charge on any atom is -0.00129 e.